The minimum atomic E-state index is 0.317. The van der Waals surface area contributed by atoms with Gasteiger partial charge in [-0.25, -0.2) is 9.97 Å². The van der Waals surface area contributed by atoms with E-state index in [4.69, 9.17) is 4.74 Å². The minimum Gasteiger partial charge on any atom is -0.371 e. The van der Waals surface area contributed by atoms with E-state index in [9.17, 15) is 0 Å². The van der Waals surface area contributed by atoms with Crippen LogP contribution in [0.25, 0.3) is 0 Å². The average molecular weight is 357 g/mol. The quantitative estimate of drug-likeness (QED) is 0.813. The van der Waals surface area contributed by atoms with Crippen LogP contribution in [0.15, 0.2) is 36.8 Å². The van der Waals surface area contributed by atoms with Crippen LogP contribution < -0.4 is 9.80 Å². The van der Waals surface area contributed by atoms with Gasteiger partial charge >= 0.3 is 0 Å². The highest BCUT2D eigenvalue weighted by atomic mass is 32.2. The number of hydrogen-bond acceptors (Lipinski definition) is 7. The second kappa shape index (κ2) is 6.80. The number of hydrogen-bond donors (Lipinski definition) is 0. The van der Waals surface area contributed by atoms with Crippen LogP contribution in [0.5, 0.6) is 0 Å². The summed E-state index contributed by atoms with van der Waals surface area (Å²) in [6.07, 6.45) is 4.89. The van der Waals surface area contributed by atoms with Crippen molar-refractivity contribution in [1.29, 1.82) is 0 Å². The summed E-state index contributed by atoms with van der Waals surface area (Å²) < 4.78 is 6.40. The molecule has 1 spiro atoms. The summed E-state index contributed by atoms with van der Waals surface area (Å²) in [5.74, 6) is 3.03. The standard InChI is InChI=1S/C18H23N5OS/c1-22(2)16-7-17(21-13-20-16)23-11-18(12-23)8-15(10-25-18)24-9-14-5-3-4-6-19-14/h3-7,13,15H,8-12H2,1-2H3/t15-/m1/s1. The van der Waals surface area contributed by atoms with Crippen molar-refractivity contribution in [1.82, 2.24) is 15.0 Å². The smallest absolute Gasteiger partial charge is 0.134 e. The number of thioether (sulfide) groups is 1. The molecule has 0 amide bonds. The van der Waals surface area contributed by atoms with Gasteiger partial charge in [-0.15, -0.1) is 11.8 Å². The predicted octanol–water partition coefficient (Wildman–Crippen LogP) is 2.22. The summed E-state index contributed by atoms with van der Waals surface area (Å²) in [5.41, 5.74) is 1.00. The minimum absolute atomic E-state index is 0.317. The SMILES string of the molecule is CN(C)c1cc(N2CC3(C[C@@H](OCc4ccccn4)CS3)C2)ncn1. The van der Waals surface area contributed by atoms with Crippen LogP contribution in [0, 0.1) is 0 Å². The van der Waals surface area contributed by atoms with Crippen LogP contribution in [0.1, 0.15) is 12.1 Å². The highest BCUT2D eigenvalue weighted by molar-refractivity contribution is 8.01. The van der Waals surface area contributed by atoms with Gasteiger partial charge in [-0.1, -0.05) is 6.07 Å². The molecule has 132 valence electrons. The topological polar surface area (TPSA) is 54.4 Å². The Labute approximate surface area is 152 Å². The first-order valence-electron chi connectivity index (χ1n) is 8.53. The van der Waals surface area contributed by atoms with E-state index in [0.29, 0.717) is 17.5 Å². The summed E-state index contributed by atoms with van der Waals surface area (Å²) in [5, 5.41) is 0. The Kier molecular flexibility index (Phi) is 4.52. The van der Waals surface area contributed by atoms with Crippen molar-refractivity contribution in [3.05, 3.63) is 42.5 Å². The molecule has 0 radical (unpaired) electrons. The lowest BCUT2D eigenvalue weighted by Gasteiger charge is -2.48. The summed E-state index contributed by atoms with van der Waals surface area (Å²) >= 11 is 2.04. The molecule has 0 N–H and O–H groups in total. The van der Waals surface area contributed by atoms with Gasteiger partial charge in [0.2, 0.25) is 0 Å². The maximum atomic E-state index is 6.08. The molecule has 25 heavy (non-hydrogen) atoms. The first-order chi connectivity index (χ1) is 12.1. The molecule has 1 atom stereocenters. The highest BCUT2D eigenvalue weighted by Crippen LogP contribution is 2.47. The molecule has 6 nitrogen and oxygen atoms in total. The number of ether oxygens (including phenoxy) is 1. The molecule has 0 unspecified atom stereocenters. The molecule has 0 aliphatic carbocycles. The van der Waals surface area contributed by atoms with E-state index in [2.05, 4.69) is 25.9 Å². The highest BCUT2D eigenvalue weighted by Gasteiger charge is 2.49. The van der Waals surface area contributed by atoms with Crippen molar-refractivity contribution in [2.75, 3.05) is 42.7 Å². The van der Waals surface area contributed by atoms with Crippen molar-refractivity contribution in [2.45, 2.75) is 23.9 Å². The molecule has 2 aromatic heterocycles. The molecule has 4 heterocycles. The Morgan fingerprint density at radius 2 is 2.16 bits per heavy atom. The third-order valence-corrected chi connectivity index (χ3v) is 6.32. The van der Waals surface area contributed by atoms with Crippen molar-refractivity contribution >= 4 is 23.4 Å². The van der Waals surface area contributed by atoms with Gasteiger partial charge < -0.3 is 14.5 Å². The molecule has 0 aromatic carbocycles. The monoisotopic (exact) mass is 357 g/mol. The fourth-order valence-electron chi connectivity index (χ4n) is 3.38. The Balaban J connectivity index is 1.30. The zero-order valence-corrected chi connectivity index (χ0v) is 15.4. The van der Waals surface area contributed by atoms with Gasteiger partial charge in [-0.3, -0.25) is 4.98 Å². The number of anilines is 2. The average Bonchev–Trinajstić information content (AvgIpc) is 3.04. The van der Waals surface area contributed by atoms with Crippen molar-refractivity contribution in [2.24, 2.45) is 0 Å². The maximum absolute atomic E-state index is 6.08. The second-order valence-electron chi connectivity index (χ2n) is 6.94. The fraction of sp³-hybridized carbons (Fsp3) is 0.500. The molecule has 2 aromatic rings. The van der Waals surface area contributed by atoms with Gasteiger partial charge in [0.1, 0.15) is 18.0 Å². The first kappa shape index (κ1) is 16.6. The fourth-order valence-corrected chi connectivity index (χ4v) is 4.93. The van der Waals surface area contributed by atoms with Gasteiger partial charge in [0, 0.05) is 45.2 Å². The van der Waals surface area contributed by atoms with Crippen molar-refractivity contribution in [3.63, 3.8) is 0 Å². The van der Waals surface area contributed by atoms with E-state index >= 15 is 0 Å². The lowest BCUT2D eigenvalue weighted by Crippen LogP contribution is -2.59. The first-order valence-corrected chi connectivity index (χ1v) is 9.52. The summed E-state index contributed by atoms with van der Waals surface area (Å²) in [4.78, 5) is 17.4. The summed E-state index contributed by atoms with van der Waals surface area (Å²) in [7, 11) is 4.00. The van der Waals surface area contributed by atoms with E-state index in [1.165, 1.54) is 0 Å². The lowest BCUT2D eigenvalue weighted by molar-refractivity contribution is 0.0459. The van der Waals surface area contributed by atoms with E-state index in [1.807, 2.05) is 55.2 Å². The number of nitrogens with zero attached hydrogens (tertiary/aromatic N) is 5. The number of rotatable bonds is 5. The Bertz CT molecular complexity index is 720. The third-order valence-electron chi connectivity index (χ3n) is 4.75. The molecule has 0 bridgehead atoms. The second-order valence-corrected chi connectivity index (χ2v) is 8.43. The van der Waals surface area contributed by atoms with Crippen LogP contribution in [-0.4, -0.2) is 58.7 Å². The summed E-state index contributed by atoms with van der Waals surface area (Å²) in [6.45, 7) is 2.67. The van der Waals surface area contributed by atoms with E-state index in [1.54, 1.807) is 6.33 Å². The zero-order chi connectivity index (χ0) is 17.3. The molecular weight excluding hydrogens is 334 g/mol. The van der Waals surface area contributed by atoms with Crippen LogP contribution in [0.3, 0.4) is 0 Å². The van der Waals surface area contributed by atoms with E-state index < -0.39 is 0 Å². The van der Waals surface area contributed by atoms with Gasteiger partial charge in [-0.05, 0) is 18.6 Å². The normalized spacial score (nSPS) is 21.4. The molecule has 4 rings (SSSR count). The Morgan fingerprint density at radius 1 is 1.28 bits per heavy atom. The van der Waals surface area contributed by atoms with E-state index in [-0.39, 0.29) is 0 Å². The van der Waals surface area contributed by atoms with Crippen LogP contribution in [-0.2, 0) is 11.3 Å². The number of pyridine rings is 1. The lowest BCUT2D eigenvalue weighted by atomic mass is 9.93. The largest absolute Gasteiger partial charge is 0.371 e. The Morgan fingerprint density at radius 3 is 2.92 bits per heavy atom. The molecule has 2 fully saturated rings. The van der Waals surface area contributed by atoms with Crippen LogP contribution in [0.4, 0.5) is 11.6 Å². The van der Waals surface area contributed by atoms with Gasteiger partial charge in [0.15, 0.2) is 0 Å². The molecule has 2 aliphatic heterocycles. The molecular formula is C18H23N5OS. The summed E-state index contributed by atoms with van der Waals surface area (Å²) in [6, 6.07) is 8.01. The maximum Gasteiger partial charge on any atom is 0.134 e. The van der Waals surface area contributed by atoms with Crippen LogP contribution >= 0.6 is 11.8 Å². The van der Waals surface area contributed by atoms with Crippen molar-refractivity contribution in [3.8, 4) is 0 Å². The third kappa shape index (κ3) is 3.57. The Hall–Kier alpha value is -1.86. The van der Waals surface area contributed by atoms with Gasteiger partial charge in [0.25, 0.3) is 0 Å². The van der Waals surface area contributed by atoms with E-state index in [0.717, 1.165) is 42.6 Å². The molecule has 0 saturated carbocycles. The number of aromatic nitrogens is 3. The molecule has 7 heteroatoms. The van der Waals surface area contributed by atoms with Gasteiger partial charge in [0.05, 0.1) is 23.2 Å². The van der Waals surface area contributed by atoms with Crippen molar-refractivity contribution < 1.29 is 4.74 Å². The molecule has 2 saturated heterocycles. The molecule has 2 aliphatic rings. The van der Waals surface area contributed by atoms with Crippen LogP contribution in [0.2, 0.25) is 0 Å². The predicted molar refractivity (Wildman–Crippen MR) is 101 cm³/mol. The van der Waals surface area contributed by atoms with Gasteiger partial charge in [-0.2, -0.15) is 0 Å². The zero-order valence-electron chi connectivity index (χ0n) is 14.6.